The van der Waals surface area contributed by atoms with E-state index < -0.39 is 6.10 Å². The summed E-state index contributed by atoms with van der Waals surface area (Å²) in [5, 5.41) is 10.2. The second kappa shape index (κ2) is 6.48. The predicted molar refractivity (Wildman–Crippen MR) is 77.9 cm³/mol. The number of benzene rings is 1. The summed E-state index contributed by atoms with van der Waals surface area (Å²) in [5.74, 6) is 0.657. The quantitative estimate of drug-likeness (QED) is 0.886. The Hall–Kier alpha value is -1.67. The minimum Gasteiger partial charge on any atom is -0.388 e. The highest BCUT2D eigenvalue weighted by atomic mass is 16.3. The Morgan fingerprint density at radius 3 is 2.32 bits per heavy atom. The molecular formula is C17H21NO. The van der Waals surface area contributed by atoms with E-state index >= 15 is 0 Å². The largest absolute Gasteiger partial charge is 0.388 e. The Morgan fingerprint density at radius 2 is 1.74 bits per heavy atom. The monoisotopic (exact) mass is 255 g/mol. The molecule has 2 rings (SSSR count). The number of aliphatic hydroxyl groups excluding tert-OH is 1. The Balaban J connectivity index is 2.01. The van der Waals surface area contributed by atoms with Gasteiger partial charge in [-0.05, 0) is 35.6 Å². The molecule has 2 heteroatoms. The van der Waals surface area contributed by atoms with Crippen molar-refractivity contribution in [3.63, 3.8) is 0 Å². The molecule has 1 N–H and O–H groups in total. The standard InChI is InChI=1S/C17H21NO/c1-13(2)11-14-6-8-15(9-7-14)17(19)12-16-5-3-4-10-18-16/h3-10,13,17,19H,11-12H2,1-2H3. The number of aliphatic hydroxyl groups is 1. The first-order chi connectivity index (χ1) is 9.15. The fourth-order valence-electron chi connectivity index (χ4n) is 2.18. The lowest BCUT2D eigenvalue weighted by Gasteiger charge is -2.12. The minimum atomic E-state index is -0.483. The smallest absolute Gasteiger partial charge is 0.0845 e. The minimum absolute atomic E-state index is 0.483. The summed E-state index contributed by atoms with van der Waals surface area (Å²) in [4.78, 5) is 4.24. The van der Waals surface area contributed by atoms with E-state index in [1.165, 1.54) is 5.56 Å². The maximum absolute atomic E-state index is 10.2. The zero-order valence-electron chi connectivity index (χ0n) is 11.6. The number of pyridine rings is 1. The molecule has 1 atom stereocenters. The molecule has 0 saturated heterocycles. The summed E-state index contributed by atoms with van der Waals surface area (Å²) in [5.41, 5.74) is 3.20. The Kier molecular flexibility index (Phi) is 4.69. The van der Waals surface area contributed by atoms with Crippen molar-refractivity contribution in [1.29, 1.82) is 0 Å². The molecule has 0 spiro atoms. The molecule has 1 aromatic heterocycles. The van der Waals surface area contributed by atoms with Crippen LogP contribution < -0.4 is 0 Å². The molecule has 0 fully saturated rings. The van der Waals surface area contributed by atoms with Crippen molar-refractivity contribution in [2.24, 2.45) is 5.92 Å². The van der Waals surface area contributed by atoms with Crippen molar-refractivity contribution in [2.75, 3.05) is 0 Å². The van der Waals surface area contributed by atoms with E-state index in [-0.39, 0.29) is 0 Å². The molecule has 1 aromatic carbocycles. The summed E-state index contributed by atoms with van der Waals surface area (Å²) in [7, 11) is 0. The SMILES string of the molecule is CC(C)Cc1ccc(C(O)Cc2ccccn2)cc1. The fourth-order valence-corrected chi connectivity index (χ4v) is 2.18. The van der Waals surface area contributed by atoms with Crippen LogP contribution >= 0.6 is 0 Å². The molecule has 1 heterocycles. The van der Waals surface area contributed by atoms with Crippen molar-refractivity contribution in [3.8, 4) is 0 Å². The summed E-state index contributed by atoms with van der Waals surface area (Å²) in [6.07, 6.45) is 2.91. The molecule has 100 valence electrons. The highest BCUT2D eigenvalue weighted by Gasteiger charge is 2.09. The van der Waals surface area contributed by atoms with Crippen LogP contribution in [-0.4, -0.2) is 10.1 Å². The highest BCUT2D eigenvalue weighted by Crippen LogP contribution is 2.18. The van der Waals surface area contributed by atoms with Gasteiger partial charge in [0.05, 0.1) is 6.10 Å². The molecule has 19 heavy (non-hydrogen) atoms. The lowest BCUT2D eigenvalue weighted by Crippen LogP contribution is -2.03. The Morgan fingerprint density at radius 1 is 1.00 bits per heavy atom. The van der Waals surface area contributed by atoms with Gasteiger partial charge in [0.15, 0.2) is 0 Å². The molecular weight excluding hydrogens is 234 g/mol. The third-order valence-electron chi connectivity index (χ3n) is 3.14. The van der Waals surface area contributed by atoms with E-state index in [1.54, 1.807) is 6.20 Å². The normalized spacial score (nSPS) is 12.6. The van der Waals surface area contributed by atoms with Crippen molar-refractivity contribution < 1.29 is 5.11 Å². The van der Waals surface area contributed by atoms with Gasteiger partial charge in [-0.3, -0.25) is 4.98 Å². The molecule has 0 amide bonds. The average molecular weight is 255 g/mol. The number of hydrogen-bond donors (Lipinski definition) is 1. The highest BCUT2D eigenvalue weighted by molar-refractivity contribution is 5.25. The van der Waals surface area contributed by atoms with Crippen LogP contribution in [0.4, 0.5) is 0 Å². The maximum atomic E-state index is 10.2. The van der Waals surface area contributed by atoms with Gasteiger partial charge in [0.2, 0.25) is 0 Å². The van der Waals surface area contributed by atoms with Crippen LogP contribution in [0.5, 0.6) is 0 Å². The van der Waals surface area contributed by atoms with E-state index in [4.69, 9.17) is 0 Å². The van der Waals surface area contributed by atoms with Gasteiger partial charge in [-0.2, -0.15) is 0 Å². The number of rotatable bonds is 5. The van der Waals surface area contributed by atoms with Gasteiger partial charge in [0, 0.05) is 18.3 Å². The van der Waals surface area contributed by atoms with Crippen LogP contribution in [0.25, 0.3) is 0 Å². The van der Waals surface area contributed by atoms with Crippen molar-refractivity contribution in [1.82, 2.24) is 4.98 Å². The topological polar surface area (TPSA) is 33.1 Å². The zero-order chi connectivity index (χ0) is 13.7. The molecule has 0 aliphatic carbocycles. The summed E-state index contributed by atoms with van der Waals surface area (Å²) in [6.45, 7) is 4.42. The van der Waals surface area contributed by atoms with Crippen LogP contribution in [0.3, 0.4) is 0 Å². The van der Waals surface area contributed by atoms with Crippen LogP contribution in [0.1, 0.15) is 36.8 Å². The predicted octanol–water partition coefficient (Wildman–Crippen LogP) is 3.56. The third kappa shape index (κ3) is 4.18. The van der Waals surface area contributed by atoms with Gasteiger partial charge in [0.1, 0.15) is 0 Å². The molecule has 0 bridgehead atoms. The Bertz CT molecular complexity index is 490. The first-order valence-corrected chi connectivity index (χ1v) is 6.82. The van der Waals surface area contributed by atoms with Crippen molar-refractivity contribution >= 4 is 0 Å². The first-order valence-electron chi connectivity index (χ1n) is 6.82. The molecule has 0 aliphatic rings. The van der Waals surface area contributed by atoms with Crippen LogP contribution in [0.2, 0.25) is 0 Å². The van der Waals surface area contributed by atoms with Gasteiger partial charge in [0.25, 0.3) is 0 Å². The summed E-state index contributed by atoms with van der Waals surface area (Å²) >= 11 is 0. The van der Waals surface area contributed by atoms with Gasteiger partial charge >= 0.3 is 0 Å². The molecule has 2 nitrogen and oxygen atoms in total. The van der Waals surface area contributed by atoms with E-state index in [0.717, 1.165) is 17.7 Å². The average Bonchev–Trinajstić information content (AvgIpc) is 2.40. The van der Waals surface area contributed by atoms with Crippen LogP contribution in [-0.2, 0) is 12.8 Å². The molecule has 0 aliphatic heterocycles. The van der Waals surface area contributed by atoms with E-state index in [9.17, 15) is 5.11 Å². The zero-order valence-corrected chi connectivity index (χ0v) is 11.6. The van der Waals surface area contributed by atoms with Gasteiger partial charge < -0.3 is 5.11 Å². The second-order valence-electron chi connectivity index (χ2n) is 5.38. The molecule has 0 saturated carbocycles. The molecule has 0 radical (unpaired) electrons. The number of nitrogens with zero attached hydrogens (tertiary/aromatic N) is 1. The van der Waals surface area contributed by atoms with Gasteiger partial charge in [-0.1, -0.05) is 44.2 Å². The lowest BCUT2D eigenvalue weighted by atomic mass is 9.99. The van der Waals surface area contributed by atoms with Gasteiger partial charge in [-0.15, -0.1) is 0 Å². The molecule has 2 aromatic rings. The third-order valence-corrected chi connectivity index (χ3v) is 3.14. The molecule has 1 unspecified atom stereocenters. The number of aromatic nitrogens is 1. The van der Waals surface area contributed by atoms with Gasteiger partial charge in [-0.25, -0.2) is 0 Å². The van der Waals surface area contributed by atoms with Crippen LogP contribution in [0, 0.1) is 5.92 Å². The van der Waals surface area contributed by atoms with Crippen molar-refractivity contribution in [3.05, 3.63) is 65.5 Å². The Labute approximate surface area is 115 Å². The maximum Gasteiger partial charge on any atom is 0.0845 e. The lowest BCUT2D eigenvalue weighted by molar-refractivity contribution is 0.177. The van der Waals surface area contributed by atoms with E-state index in [2.05, 4.69) is 31.0 Å². The van der Waals surface area contributed by atoms with Crippen molar-refractivity contribution in [2.45, 2.75) is 32.8 Å². The fraction of sp³-hybridized carbons (Fsp3) is 0.353. The second-order valence-corrected chi connectivity index (χ2v) is 5.38. The van der Waals surface area contributed by atoms with Crippen LogP contribution in [0.15, 0.2) is 48.7 Å². The number of hydrogen-bond acceptors (Lipinski definition) is 2. The first kappa shape index (κ1) is 13.8. The summed E-state index contributed by atoms with van der Waals surface area (Å²) < 4.78 is 0. The van der Waals surface area contributed by atoms with E-state index in [0.29, 0.717) is 12.3 Å². The summed E-state index contributed by atoms with van der Waals surface area (Å²) in [6, 6.07) is 14.0. The van der Waals surface area contributed by atoms with E-state index in [1.807, 2.05) is 30.3 Å².